The number of rotatable bonds is 5. The van der Waals surface area contributed by atoms with Gasteiger partial charge in [0.25, 0.3) is 5.91 Å². The van der Waals surface area contributed by atoms with Crippen molar-refractivity contribution in [3.8, 4) is 11.3 Å². The van der Waals surface area contributed by atoms with Gasteiger partial charge in [-0.1, -0.05) is 0 Å². The molecule has 4 aromatic rings. The third kappa shape index (κ3) is 3.19. The summed E-state index contributed by atoms with van der Waals surface area (Å²) in [6, 6.07) is 3.39. The number of carbonyl (C=O) groups excluding carboxylic acids is 2. The van der Waals surface area contributed by atoms with Crippen LogP contribution in [0.15, 0.2) is 30.7 Å². The highest BCUT2D eigenvalue weighted by atomic mass is 16.5. The molecule has 154 valence electrons. The van der Waals surface area contributed by atoms with Crippen LogP contribution in [0.5, 0.6) is 0 Å². The Balaban J connectivity index is 1.70. The number of fused-ring (bicyclic) bond motifs is 1. The lowest BCUT2D eigenvalue weighted by atomic mass is 10.2. The Morgan fingerprint density at radius 1 is 1.27 bits per heavy atom. The number of nitrogens with one attached hydrogen (secondary N) is 1. The molecule has 0 spiro atoms. The third-order valence-corrected chi connectivity index (χ3v) is 4.81. The highest BCUT2D eigenvalue weighted by Gasteiger charge is 2.22. The van der Waals surface area contributed by atoms with E-state index in [0.29, 0.717) is 12.2 Å². The summed E-state index contributed by atoms with van der Waals surface area (Å²) in [5.41, 5.74) is 3.55. The van der Waals surface area contributed by atoms with E-state index in [9.17, 15) is 9.59 Å². The number of anilines is 1. The minimum atomic E-state index is -0.636. The fraction of sp³-hybridized carbons (Fsp3) is 0.263. The van der Waals surface area contributed by atoms with E-state index >= 15 is 0 Å². The Kier molecular flexibility index (Phi) is 4.78. The van der Waals surface area contributed by atoms with E-state index in [1.54, 1.807) is 33.9 Å². The van der Waals surface area contributed by atoms with Crippen LogP contribution in [0.3, 0.4) is 0 Å². The number of ether oxygens (including phenoxy) is 1. The van der Waals surface area contributed by atoms with Crippen molar-refractivity contribution in [2.24, 2.45) is 7.05 Å². The van der Waals surface area contributed by atoms with E-state index in [1.165, 1.54) is 11.8 Å². The number of carbonyl (C=O) groups is 2. The topological polar surface area (TPSA) is 121 Å². The molecule has 0 aliphatic carbocycles. The predicted octanol–water partition coefficient (Wildman–Crippen LogP) is 1.69. The van der Waals surface area contributed by atoms with Crippen molar-refractivity contribution in [3.05, 3.63) is 47.8 Å². The molecule has 0 fully saturated rings. The minimum absolute atomic E-state index is 0.0289. The smallest absolute Gasteiger partial charge is 0.360 e. The standard InChI is InChI=1S/C19H20N8O3/c1-5-26-10-14(17(24-26)19(29)30-4)22-18(28)13-8-16-20-7-6-15(27(16)23-13)12-9-21-25(3)11(12)2/h6-10H,5H2,1-4H3,(H,22,28). The average Bonchev–Trinajstić information content (AvgIpc) is 3.45. The zero-order valence-corrected chi connectivity index (χ0v) is 16.9. The van der Waals surface area contributed by atoms with Crippen LogP contribution in [-0.2, 0) is 18.3 Å². The maximum atomic E-state index is 12.8. The average molecular weight is 408 g/mol. The molecule has 0 aliphatic rings. The molecule has 0 radical (unpaired) electrons. The van der Waals surface area contributed by atoms with E-state index in [2.05, 4.69) is 25.6 Å². The first kappa shape index (κ1) is 19.3. The fourth-order valence-electron chi connectivity index (χ4n) is 3.07. The van der Waals surface area contributed by atoms with Gasteiger partial charge in [-0.05, 0) is 19.9 Å². The molecular formula is C19H20N8O3. The van der Waals surface area contributed by atoms with E-state index in [-0.39, 0.29) is 17.1 Å². The molecule has 0 saturated heterocycles. The Bertz CT molecular complexity index is 1270. The van der Waals surface area contributed by atoms with Crippen LogP contribution in [0.4, 0.5) is 5.69 Å². The molecule has 4 heterocycles. The highest BCUT2D eigenvalue weighted by molar-refractivity contribution is 6.06. The van der Waals surface area contributed by atoms with Crippen LogP contribution >= 0.6 is 0 Å². The van der Waals surface area contributed by atoms with Gasteiger partial charge in [-0.2, -0.15) is 15.3 Å². The number of esters is 1. The molecule has 1 N–H and O–H groups in total. The Labute approximate surface area is 171 Å². The lowest BCUT2D eigenvalue weighted by molar-refractivity contribution is 0.0594. The first-order chi connectivity index (χ1) is 14.4. The van der Waals surface area contributed by atoms with Crippen LogP contribution < -0.4 is 5.32 Å². The first-order valence-electron chi connectivity index (χ1n) is 9.23. The van der Waals surface area contributed by atoms with Gasteiger partial charge in [0, 0.05) is 43.3 Å². The second-order valence-electron chi connectivity index (χ2n) is 6.59. The van der Waals surface area contributed by atoms with Crippen LogP contribution in [0.25, 0.3) is 16.9 Å². The molecule has 0 aliphatic heterocycles. The third-order valence-electron chi connectivity index (χ3n) is 4.81. The maximum Gasteiger partial charge on any atom is 0.360 e. The Morgan fingerprint density at radius 2 is 2.07 bits per heavy atom. The lowest BCUT2D eigenvalue weighted by Crippen LogP contribution is -2.15. The van der Waals surface area contributed by atoms with Crippen molar-refractivity contribution in [2.45, 2.75) is 20.4 Å². The number of aryl methyl sites for hydroxylation is 2. The van der Waals surface area contributed by atoms with Gasteiger partial charge in [-0.3, -0.25) is 14.2 Å². The molecule has 4 rings (SSSR count). The molecule has 0 aromatic carbocycles. The minimum Gasteiger partial charge on any atom is -0.464 e. The lowest BCUT2D eigenvalue weighted by Gasteiger charge is -2.04. The van der Waals surface area contributed by atoms with Crippen molar-refractivity contribution in [1.29, 1.82) is 0 Å². The normalized spacial score (nSPS) is 11.1. The van der Waals surface area contributed by atoms with Crippen molar-refractivity contribution in [1.82, 2.24) is 34.2 Å². The summed E-state index contributed by atoms with van der Waals surface area (Å²) in [4.78, 5) is 29.1. The molecule has 0 bridgehead atoms. The SMILES string of the molecule is CCn1cc(NC(=O)c2cc3nccc(-c4cnn(C)c4C)n3n2)c(C(=O)OC)n1. The van der Waals surface area contributed by atoms with Crippen LogP contribution in [-0.4, -0.2) is 53.1 Å². The number of nitrogens with zero attached hydrogens (tertiary/aromatic N) is 7. The summed E-state index contributed by atoms with van der Waals surface area (Å²) in [6.45, 7) is 4.35. The summed E-state index contributed by atoms with van der Waals surface area (Å²) in [7, 11) is 3.11. The summed E-state index contributed by atoms with van der Waals surface area (Å²) in [5.74, 6) is -1.13. The monoisotopic (exact) mass is 408 g/mol. The molecule has 0 saturated carbocycles. The summed E-state index contributed by atoms with van der Waals surface area (Å²) in [5, 5.41) is 15.5. The quantitative estimate of drug-likeness (QED) is 0.499. The van der Waals surface area contributed by atoms with Crippen molar-refractivity contribution in [2.75, 3.05) is 12.4 Å². The van der Waals surface area contributed by atoms with Gasteiger partial charge >= 0.3 is 5.97 Å². The molecule has 30 heavy (non-hydrogen) atoms. The largest absolute Gasteiger partial charge is 0.464 e. The molecule has 11 heteroatoms. The van der Waals surface area contributed by atoms with E-state index in [4.69, 9.17) is 4.74 Å². The number of amides is 1. The molecule has 4 aromatic heterocycles. The van der Waals surface area contributed by atoms with Gasteiger partial charge in [0.2, 0.25) is 0 Å². The van der Waals surface area contributed by atoms with Gasteiger partial charge < -0.3 is 10.1 Å². The molecule has 0 atom stereocenters. The van der Waals surface area contributed by atoms with Crippen molar-refractivity contribution >= 4 is 23.2 Å². The summed E-state index contributed by atoms with van der Waals surface area (Å²) < 4.78 is 9.64. The molecule has 11 nitrogen and oxygen atoms in total. The molecule has 0 unspecified atom stereocenters. The van der Waals surface area contributed by atoms with Gasteiger partial charge in [0.1, 0.15) is 0 Å². The zero-order valence-electron chi connectivity index (χ0n) is 16.9. The van der Waals surface area contributed by atoms with Gasteiger partial charge in [0.15, 0.2) is 17.0 Å². The summed E-state index contributed by atoms with van der Waals surface area (Å²) >= 11 is 0. The molecule has 1 amide bonds. The number of hydrogen-bond acceptors (Lipinski definition) is 7. The van der Waals surface area contributed by atoms with Gasteiger partial charge in [0.05, 0.1) is 24.7 Å². The van der Waals surface area contributed by atoms with E-state index in [1.807, 2.05) is 27.0 Å². The van der Waals surface area contributed by atoms with Gasteiger partial charge in [-0.15, -0.1) is 0 Å². The van der Waals surface area contributed by atoms with Crippen molar-refractivity contribution < 1.29 is 14.3 Å². The van der Waals surface area contributed by atoms with Crippen LogP contribution in [0.2, 0.25) is 0 Å². The van der Waals surface area contributed by atoms with E-state index < -0.39 is 11.9 Å². The number of aromatic nitrogens is 7. The van der Waals surface area contributed by atoms with Crippen LogP contribution in [0.1, 0.15) is 33.6 Å². The number of methoxy groups -OCH3 is 1. The summed E-state index contributed by atoms with van der Waals surface area (Å²) in [6.07, 6.45) is 4.97. The fourth-order valence-corrected chi connectivity index (χ4v) is 3.07. The highest BCUT2D eigenvalue weighted by Crippen LogP contribution is 2.23. The second-order valence-corrected chi connectivity index (χ2v) is 6.59. The predicted molar refractivity (Wildman–Crippen MR) is 107 cm³/mol. The van der Waals surface area contributed by atoms with Gasteiger partial charge in [-0.25, -0.2) is 14.3 Å². The Hall–Kier alpha value is -4.02. The second kappa shape index (κ2) is 7.43. The zero-order chi connectivity index (χ0) is 21.4. The van der Waals surface area contributed by atoms with Crippen LogP contribution in [0, 0.1) is 6.92 Å². The first-order valence-corrected chi connectivity index (χ1v) is 9.23. The van der Waals surface area contributed by atoms with Crippen molar-refractivity contribution in [3.63, 3.8) is 0 Å². The number of hydrogen-bond donors (Lipinski definition) is 1. The Morgan fingerprint density at radius 3 is 2.73 bits per heavy atom. The molecular weight excluding hydrogens is 388 g/mol. The van der Waals surface area contributed by atoms with E-state index in [0.717, 1.165) is 17.0 Å². The maximum absolute atomic E-state index is 12.8.